The van der Waals surface area contributed by atoms with Gasteiger partial charge in [0.2, 0.25) is 0 Å². The number of rotatable bonds is 4. The highest BCUT2D eigenvalue weighted by atomic mass is 19.1. The van der Waals surface area contributed by atoms with Gasteiger partial charge in [0.15, 0.2) is 5.65 Å². The van der Waals surface area contributed by atoms with Crippen LogP contribution in [0.3, 0.4) is 0 Å². The van der Waals surface area contributed by atoms with E-state index in [1.54, 1.807) is 41.0 Å². The zero-order chi connectivity index (χ0) is 20.7. The molecule has 4 aromatic rings. The van der Waals surface area contributed by atoms with Crippen LogP contribution in [0.25, 0.3) is 22.3 Å². The molecule has 3 heterocycles. The van der Waals surface area contributed by atoms with Gasteiger partial charge in [0.1, 0.15) is 5.82 Å². The fraction of sp³-hybridized carbons (Fsp3) is 0.238. The summed E-state index contributed by atoms with van der Waals surface area (Å²) in [7, 11) is 3.57. The molecule has 1 amide bonds. The third kappa shape index (κ3) is 3.37. The topological polar surface area (TPSA) is 79.7 Å². The number of carbonyl (C=O) groups excluding carboxylic acids is 1. The highest BCUT2D eigenvalue weighted by molar-refractivity contribution is 6.06. The first-order chi connectivity index (χ1) is 13.8. The molecule has 0 unspecified atom stereocenters. The monoisotopic (exact) mass is 392 g/mol. The Kier molecular flexibility index (Phi) is 4.62. The van der Waals surface area contributed by atoms with Crippen LogP contribution in [-0.4, -0.2) is 42.8 Å². The number of fused-ring (bicyclic) bond motifs is 1. The summed E-state index contributed by atoms with van der Waals surface area (Å²) in [6.07, 6.45) is 1.69. The summed E-state index contributed by atoms with van der Waals surface area (Å²) < 4.78 is 14.9. The first-order valence-corrected chi connectivity index (χ1v) is 9.19. The van der Waals surface area contributed by atoms with Gasteiger partial charge in [-0.25, -0.2) is 9.37 Å². The maximum absolute atomic E-state index is 13.3. The van der Waals surface area contributed by atoms with Crippen molar-refractivity contribution in [3.05, 3.63) is 64.9 Å². The summed E-state index contributed by atoms with van der Waals surface area (Å²) >= 11 is 0. The van der Waals surface area contributed by atoms with Crippen molar-refractivity contribution in [1.29, 1.82) is 0 Å². The molecule has 3 aromatic heterocycles. The van der Waals surface area contributed by atoms with Gasteiger partial charge in [-0.05, 0) is 44.2 Å². The second-order valence-corrected chi connectivity index (χ2v) is 7.16. The molecule has 0 saturated carbocycles. The molecule has 0 aliphatic heterocycles. The van der Waals surface area contributed by atoms with E-state index in [0.29, 0.717) is 17.8 Å². The van der Waals surface area contributed by atoms with E-state index in [2.05, 4.69) is 20.3 Å². The number of halogens is 1. The van der Waals surface area contributed by atoms with Crippen LogP contribution >= 0.6 is 0 Å². The molecule has 0 saturated heterocycles. The van der Waals surface area contributed by atoms with Gasteiger partial charge < -0.3 is 4.90 Å². The first kappa shape index (κ1) is 18.8. The van der Waals surface area contributed by atoms with Gasteiger partial charge in [-0.1, -0.05) is 0 Å². The molecule has 1 aromatic carbocycles. The summed E-state index contributed by atoms with van der Waals surface area (Å²) in [5.41, 5.74) is 5.21. The quantitative estimate of drug-likeness (QED) is 0.577. The van der Waals surface area contributed by atoms with Crippen LogP contribution in [0.15, 0.2) is 36.5 Å². The molecule has 29 heavy (non-hydrogen) atoms. The number of pyridine rings is 1. The molecular weight excluding hydrogens is 371 g/mol. The molecule has 1 N–H and O–H groups in total. The molecule has 0 radical (unpaired) electrons. The summed E-state index contributed by atoms with van der Waals surface area (Å²) in [4.78, 5) is 19.4. The van der Waals surface area contributed by atoms with E-state index in [0.717, 1.165) is 33.6 Å². The second-order valence-electron chi connectivity index (χ2n) is 7.16. The van der Waals surface area contributed by atoms with Crippen molar-refractivity contribution in [3.8, 4) is 11.3 Å². The molecule has 0 aliphatic rings. The average molecular weight is 392 g/mol. The van der Waals surface area contributed by atoms with Gasteiger partial charge in [-0.2, -0.15) is 10.2 Å². The second kappa shape index (κ2) is 7.12. The lowest BCUT2D eigenvalue weighted by molar-refractivity contribution is 0.0787. The number of aryl methyl sites for hydroxylation is 3. The fourth-order valence-corrected chi connectivity index (χ4v) is 3.57. The van der Waals surface area contributed by atoms with E-state index in [1.165, 1.54) is 12.1 Å². The molecule has 8 heteroatoms. The highest BCUT2D eigenvalue weighted by Crippen LogP contribution is 2.25. The van der Waals surface area contributed by atoms with E-state index in [9.17, 15) is 9.18 Å². The molecular formula is C21H21FN6O. The van der Waals surface area contributed by atoms with Gasteiger partial charge in [0, 0.05) is 37.5 Å². The van der Waals surface area contributed by atoms with Crippen LogP contribution in [0.2, 0.25) is 0 Å². The molecule has 4 rings (SSSR count). The predicted molar refractivity (Wildman–Crippen MR) is 108 cm³/mol. The molecule has 0 spiro atoms. The zero-order valence-electron chi connectivity index (χ0n) is 16.7. The SMILES string of the molecule is Cc1cc(C(=O)N(C)Cc2cn[nH]c2-c2ccc(F)cc2)c2c(C)nn(C)c2n1. The van der Waals surface area contributed by atoms with Crippen molar-refractivity contribution in [2.24, 2.45) is 7.05 Å². The number of nitrogens with one attached hydrogen (secondary N) is 1. The predicted octanol–water partition coefficient (Wildman–Crippen LogP) is 3.39. The summed E-state index contributed by atoms with van der Waals surface area (Å²) in [5.74, 6) is -0.422. The van der Waals surface area contributed by atoms with Gasteiger partial charge in [-0.15, -0.1) is 0 Å². The minimum Gasteiger partial charge on any atom is -0.337 e. The van der Waals surface area contributed by atoms with Gasteiger partial charge in [-0.3, -0.25) is 14.6 Å². The number of amides is 1. The summed E-state index contributed by atoms with van der Waals surface area (Å²) in [6, 6.07) is 7.96. The van der Waals surface area contributed by atoms with Crippen LogP contribution in [0, 0.1) is 19.7 Å². The number of carbonyl (C=O) groups is 1. The van der Waals surface area contributed by atoms with Crippen LogP contribution in [0.1, 0.15) is 27.3 Å². The minimum absolute atomic E-state index is 0.122. The van der Waals surface area contributed by atoms with Crippen molar-refractivity contribution in [1.82, 2.24) is 29.9 Å². The van der Waals surface area contributed by atoms with Gasteiger partial charge in [0.25, 0.3) is 5.91 Å². The van der Waals surface area contributed by atoms with E-state index < -0.39 is 0 Å². The standard InChI is InChI=1S/C21H21FN6O/c1-12-9-17(18-13(2)26-28(4)20(18)24-12)21(29)27(3)11-15-10-23-25-19(15)14-5-7-16(22)8-6-14/h5-10H,11H2,1-4H3,(H,23,25). The van der Waals surface area contributed by atoms with Crippen molar-refractivity contribution < 1.29 is 9.18 Å². The number of nitrogens with zero attached hydrogens (tertiary/aromatic N) is 5. The lowest BCUT2D eigenvalue weighted by atomic mass is 10.1. The van der Waals surface area contributed by atoms with E-state index in [1.807, 2.05) is 20.9 Å². The normalized spacial score (nSPS) is 11.2. The Hall–Kier alpha value is -3.55. The smallest absolute Gasteiger partial charge is 0.254 e. The number of hydrogen-bond donors (Lipinski definition) is 1. The minimum atomic E-state index is -0.300. The van der Waals surface area contributed by atoms with Crippen LogP contribution < -0.4 is 0 Å². The maximum atomic E-state index is 13.3. The largest absolute Gasteiger partial charge is 0.337 e. The summed E-state index contributed by atoms with van der Waals surface area (Å²) in [5, 5.41) is 12.2. The lowest BCUT2D eigenvalue weighted by Crippen LogP contribution is -2.26. The van der Waals surface area contributed by atoms with E-state index in [-0.39, 0.29) is 11.7 Å². The average Bonchev–Trinajstić information content (AvgIpc) is 3.25. The Morgan fingerprint density at radius 3 is 2.69 bits per heavy atom. The van der Waals surface area contributed by atoms with E-state index in [4.69, 9.17) is 0 Å². The Labute approximate surface area is 167 Å². The third-order valence-electron chi connectivity index (χ3n) is 4.93. The van der Waals surface area contributed by atoms with E-state index >= 15 is 0 Å². The Morgan fingerprint density at radius 2 is 1.97 bits per heavy atom. The third-order valence-corrected chi connectivity index (χ3v) is 4.93. The molecule has 148 valence electrons. The van der Waals surface area contributed by atoms with Gasteiger partial charge >= 0.3 is 0 Å². The number of H-pyrrole nitrogens is 1. The molecule has 0 bridgehead atoms. The zero-order valence-corrected chi connectivity index (χ0v) is 16.7. The molecule has 0 atom stereocenters. The number of benzene rings is 1. The fourth-order valence-electron chi connectivity index (χ4n) is 3.57. The molecule has 0 fully saturated rings. The Bertz CT molecular complexity index is 1210. The Morgan fingerprint density at radius 1 is 1.24 bits per heavy atom. The van der Waals surface area contributed by atoms with Crippen molar-refractivity contribution in [3.63, 3.8) is 0 Å². The lowest BCUT2D eigenvalue weighted by Gasteiger charge is -2.18. The number of aromatic nitrogens is 5. The number of aromatic amines is 1. The Balaban J connectivity index is 1.66. The van der Waals surface area contributed by atoms with Crippen molar-refractivity contribution in [2.45, 2.75) is 20.4 Å². The van der Waals surface area contributed by atoms with Crippen molar-refractivity contribution >= 4 is 16.9 Å². The van der Waals surface area contributed by atoms with Crippen molar-refractivity contribution in [2.75, 3.05) is 7.05 Å². The first-order valence-electron chi connectivity index (χ1n) is 9.19. The van der Waals surface area contributed by atoms with Crippen LogP contribution in [0.4, 0.5) is 4.39 Å². The van der Waals surface area contributed by atoms with Crippen LogP contribution in [0.5, 0.6) is 0 Å². The molecule has 7 nitrogen and oxygen atoms in total. The summed E-state index contributed by atoms with van der Waals surface area (Å²) in [6.45, 7) is 4.09. The molecule has 0 aliphatic carbocycles. The number of hydrogen-bond acceptors (Lipinski definition) is 4. The van der Waals surface area contributed by atoms with Gasteiger partial charge in [0.05, 0.1) is 28.5 Å². The maximum Gasteiger partial charge on any atom is 0.254 e. The van der Waals surface area contributed by atoms with Crippen LogP contribution in [-0.2, 0) is 13.6 Å². The highest BCUT2D eigenvalue weighted by Gasteiger charge is 2.21.